The third-order valence-electron chi connectivity index (χ3n) is 5.09. The number of nitrogens with one attached hydrogen (secondary N) is 2. The van der Waals surface area contributed by atoms with E-state index in [9.17, 15) is 9.59 Å². The summed E-state index contributed by atoms with van der Waals surface area (Å²) in [7, 11) is 0. The second-order valence-corrected chi connectivity index (χ2v) is 7.51. The molecule has 2 aromatic rings. The number of nitrogens with two attached hydrogens (primary N) is 1. The molecule has 0 unspecified atom stereocenters. The van der Waals surface area contributed by atoms with Crippen LogP contribution in [-0.4, -0.2) is 28.0 Å². The first-order valence-corrected chi connectivity index (χ1v) is 9.35. The molecule has 1 fully saturated rings. The Labute approximate surface area is 159 Å². The van der Waals surface area contributed by atoms with Crippen molar-refractivity contribution >= 4 is 17.5 Å². The van der Waals surface area contributed by atoms with Crippen molar-refractivity contribution in [1.29, 1.82) is 0 Å². The molecule has 1 amide bonds. The summed E-state index contributed by atoms with van der Waals surface area (Å²) >= 11 is 0. The molecule has 0 bridgehead atoms. The number of amides is 1. The molecule has 144 valence electrons. The van der Waals surface area contributed by atoms with E-state index in [0.717, 1.165) is 12.8 Å². The summed E-state index contributed by atoms with van der Waals surface area (Å²) in [5.74, 6) is -0.233. The number of anilines is 2. The molecule has 0 radical (unpaired) electrons. The van der Waals surface area contributed by atoms with Gasteiger partial charge in [-0.05, 0) is 32.3 Å². The number of benzene rings is 1. The number of hydrogen-bond donors (Lipinski definition) is 3. The molecule has 7 nitrogen and oxygen atoms in total. The van der Waals surface area contributed by atoms with E-state index in [1.165, 1.54) is 22.7 Å². The fraction of sp³-hybridized carbons (Fsp3) is 0.450. The SMILES string of the molecule is CC(C)Nc1ncc(NCC2(c3ccccc3)CCC2)c(=O)n1CC(N)=O. The minimum Gasteiger partial charge on any atom is -0.378 e. The lowest BCUT2D eigenvalue weighted by Crippen LogP contribution is -2.42. The van der Waals surface area contributed by atoms with Crippen molar-refractivity contribution in [1.82, 2.24) is 9.55 Å². The first kappa shape index (κ1) is 18.9. The van der Waals surface area contributed by atoms with Crippen LogP contribution in [0.4, 0.5) is 11.6 Å². The molecule has 1 heterocycles. The van der Waals surface area contributed by atoms with Gasteiger partial charge in [-0.25, -0.2) is 4.98 Å². The van der Waals surface area contributed by atoms with E-state index in [4.69, 9.17) is 5.73 Å². The molecule has 4 N–H and O–H groups in total. The van der Waals surface area contributed by atoms with E-state index in [1.54, 1.807) is 0 Å². The first-order chi connectivity index (χ1) is 12.9. The molecule has 0 saturated heterocycles. The van der Waals surface area contributed by atoms with Gasteiger partial charge in [-0.1, -0.05) is 36.8 Å². The summed E-state index contributed by atoms with van der Waals surface area (Å²) in [6.45, 7) is 4.32. The number of carbonyl (C=O) groups excluding carboxylic acids is 1. The average molecular weight is 369 g/mol. The molecule has 1 aliphatic rings. The standard InChI is InChI=1S/C20H27N5O2/c1-14(2)24-19-22-11-16(18(27)25(19)12-17(21)26)23-13-20(9-6-10-20)15-7-4-3-5-8-15/h3-5,7-8,11,14,23H,6,9-10,12-13H2,1-2H3,(H2,21,26)(H,22,24). The third-order valence-corrected chi connectivity index (χ3v) is 5.09. The predicted octanol–water partition coefficient (Wildman–Crippen LogP) is 2.08. The van der Waals surface area contributed by atoms with E-state index >= 15 is 0 Å². The largest absolute Gasteiger partial charge is 0.378 e. The maximum Gasteiger partial charge on any atom is 0.278 e. The molecule has 1 aromatic carbocycles. The van der Waals surface area contributed by atoms with Crippen molar-refractivity contribution in [2.75, 3.05) is 17.2 Å². The quantitative estimate of drug-likeness (QED) is 0.661. The van der Waals surface area contributed by atoms with Crippen molar-refractivity contribution in [2.45, 2.75) is 51.1 Å². The van der Waals surface area contributed by atoms with Gasteiger partial charge in [0.05, 0.1) is 6.20 Å². The molecule has 27 heavy (non-hydrogen) atoms. The zero-order chi connectivity index (χ0) is 19.4. The Morgan fingerprint density at radius 2 is 2.00 bits per heavy atom. The van der Waals surface area contributed by atoms with Crippen LogP contribution in [0.15, 0.2) is 41.3 Å². The number of rotatable bonds is 8. The van der Waals surface area contributed by atoms with Crippen LogP contribution in [0.25, 0.3) is 0 Å². The normalized spacial score (nSPS) is 15.2. The molecule has 1 aromatic heterocycles. The number of primary amides is 1. The minimum absolute atomic E-state index is 0.0388. The van der Waals surface area contributed by atoms with Crippen molar-refractivity contribution < 1.29 is 4.79 Å². The number of carbonyl (C=O) groups is 1. The van der Waals surface area contributed by atoms with E-state index in [1.807, 2.05) is 32.0 Å². The van der Waals surface area contributed by atoms with Crippen LogP contribution in [0.2, 0.25) is 0 Å². The Balaban J connectivity index is 1.84. The van der Waals surface area contributed by atoms with Crippen molar-refractivity contribution in [3.8, 4) is 0 Å². The van der Waals surface area contributed by atoms with Gasteiger partial charge in [0.2, 0.25) is 11.9 Å². The molecule has 7 heteroatoms. The van der Waals surface area contributed by atoms with Gasteiger partial charge in [0.25, 0.3) is 5.56 Å². The predicted molar refractivity (Wildman–Crippen MR) is 107 cm³/mol. The van der Waals surface area contributed by atoms with Crippen molar-refractivity contribution in [2.24, 2.45) is 5.73 Å². The van der Waals surface area contributed by atoms with E-state index in [2.05, 4.69) is 27.8 Å². The lowest BCUT2D eigenvalue weighted by atomic mass is 9.64. The van der Waals surface area contributed by atoms with Gasteiger partial charge in [0.15, 0.2) is 0 Å². The highest BCUT2D eigenvalue weighted by atomic mass is 16.2. The minimum atomic E-state index is -0.581. The second kappa shape index (κ2) is 7.82. The van der Waals surface area contributed by atoms with Crippen LogP contribution in [0.1, 0.15) is 38.7 Å². The van der Waals surface area contributed by atoms with E-state index in [-0.39, 0.29) is 23.6 Å². The molecule has 0 aliphatic heterocycles. The van der Waals surface area contributed by atoms with Gasteiger partial charge in [0, 0.05) is 18.0 Å². The molecular weight excluding hydrogens is 342 g/mol. The topological polar surface area (TPSA) is 102 Å². The molecular formula is C20H27N5O2. The molecule has 0 atom stereocenters. The number of nitrogens with zero attached hydrogens (tertiary/aromatic N) is 2. The highest BCUT2D eigenvalue weighted by Crippen LogP contribution is 2.43. The summed E-state index contributed by atoms with van der Waals surface area (Å²) in [6, 6.07) is 10.5. The lowest BCUT2D eigenvalue weighted by molar-refractivity contribution is -0.118. The highest BCUT2D eigenvalue weighted by molar-refractivity contribution is 5.74. The zero-order valence-corrected chi connectivity index (χ0v) is 15.9. The average Bonchev–Trinajstić information content (AvgIpc) is 2.59. The van der Waals surface area contributed by atoms with Gasteiger partial charge in [-0.15, -0.1) is 0 Å². The number of aromatic nitrogens is 2. The summed E-state index contributed by atoms with van der Waals surface area (Å²) in [5, 5.41) is 6.36. The van der Waals surface area contributed by atoms with Crippen LogP contribution in [0.5, 0.6) is 0 Å². The summed E-state index contributed by atoms with van der Waals surface area (Å²) in [4.78, 5) is 28.6. The Morgan fingerprint density at radius 1 is 1.30 bits per heavy atom. The molecule has 1 saturated carbocycles. The van der Waals surface area contributed by atoms with Crippen molar-refractivity contribution in [3.63, 3.8) is 0 Å². The maximum atomic E-state index is 12.9. The number of hydrogen-bond acceptors (Lipinski definition) is 5. The van der Waals surface area contributed by atoms with E-state index < -0.39 is 5.91 Å². The highest BCUT2D eigenvalue weighted by Gasteiger charge is 2.38. The van der Waals surface area contributed by atoms with E-state index in [0.29, 0.717) is 18.2 Å². The fourth-order valence-electron chi connectivity index (χ4n) is 3.52. The molecule has 0 spiro atoms. The summed E-state index contributed by atoms with van der Waals surface area (Å²) < 4.78 is 1.29. The Morgan fingerprint density at radius 3 is 2.56 bits per heavy atom. The summed E-state index contributed by atoms with van der Waals surface area (Å²) in [6.07, 6.45) is 4.87. The lowest BCUT2D eigenvalue weighted by Gasteiger charge is -2.42. The van der Waals surface area contributed by atoms with Crippen LogP contribution >= 0.6 is 0 Å². The third kappa shape index (κ3) is 4.13. The van der Waals surface area contributed by atoms with Gasteiger partial charge < -0.3 is 16.4 Å². The summed E-state index contributed by atoms with van der Waals surface area (Å²) in [5.41, 5.74) is 6.73. The fourth-order valence-corrected chi connectivity index (χ4v) is 3.52. The smallest absolute Gasteiger partial charge is 0.278 e. The molecule has 1 aliphatic carbocycles. The van der Waals surface area contributed by atoms with Gasteiger partial charge in [-0.3, -0.25) is 14.2 Å². The Bertz CT molecular complexity index is 856. The zero-order valence-electron chi connectivity index (χ0n) is 15.9. The van der Waals surface area contributed by atoms with Crippen LogP contribution in [0, 0.1) is 0 Å². The monoisotopic (exact) mass is 369 g/mol. The van der Waals surface area contributed by atoms with Crippen LogP contribution in [-0.2, 0) is 16.8 Å². The first-order valence-electron chi connectivity index (χ1n) is 9.35. The maximum absolute atomic E-state index is 12.9. The van der Waals surface area contributed by atoms with Crippen LogP contribution in [0.3, 0.4) is 0 Å². The Hall–Kier alpha value is -2.83. The Kier molecular flexibility index (Phi) is 5.48. The second-order valence-electron chi connectivity index (χ2n) is 7.51. The van der Waals surface area contributed by atoms with Gasteiger partial charge in [0.1, 0.15) is 12.2 Å². The molecule has 3 rings (SSSR count). The van der Waals surface area contributed by atoms with Crippen LogP contribution < -0.4 is 21.9 Å². The van der Waals surface area contributed by atoms with Gasteiger partial charge in [-0.2, -0.15) is 0 Å². The van der Waals surface area contributed by atoms with Crippen molar-refractivity contribution in [3.05, 3.63) is 52.4 Å². The van der Waals surface area contributed by atoms with Gasteiger partial charge >= 0.3 is 0 Å².